The van der Waals surface area contributed by atoms with Crippen molar-refractivity contribution in [1.82, 2.24) is 0 Å². The maximum Gasteiger partial charge on any atom is 2.00 e. The van der Waals surface area contributed by atoms with Gasteiger partial charge >= 0.3 is 23.1 Å². The summed E-state index contributed by atoms with van der Waals surface area (Å²) in [5, 5.41) is 6.06. The van der Waals surface area contributed by atoms with Gasteiger partial charge in [0.1, 0.15) is 0 Å². The molecule has 0 aromatic heterocycles. The van der Waals surface area contributed by atoms with Gasteiger partial charge in [0, 0.05) is 0 Å². The molecule has 0 unspecified atom stereocenters. The summed E-state index contributed by atoms with van der Waals surface area (Å²) in [6.45, 7) is 0. The molecule has 3 nitrogen and oxygen atoms in total. The molecule has 0 radical (unpaired) electrons. The fourth-order valence-electron chi connectivity index (χ4n) is 0. The van der Waals surface area contributed by atoms with Crippen LogP contribution in [0.2, 0.25) is 0 Å². The van der Waals surface area contributed by atoms with E-state index in [0.717, 1.165) is 0 Å². The van der Waals surface area contributed by atoms with Gasteiger partial charge in [0.2, 0.25) is 0 Å². The molecule has 0 aromatic rings. The molecule has 0 aromatic carbocycles. The van der Waals surface area contributed by atoms with E-state index < -0.39 is 0 Å². The van der Waals surface area contributed by atoms with Crippen molar-refractivity contribution in [2.75, 3.05) is 0 Å². The summed E-state index contributed by atoms with van der Waals surface area (Å²) in [6, 6.07) is 0. The van der Waals surface area contributed by atoms with Crippen molar-refractivity contribution in [3.05, 3.63) is 0 Å². The van der Waals surface area contributed by atoms with Crippen LogP contribution in [0.15, 0.2) is 0 Å². The second-order valence-electron chi connectivity index (χ2n) is 0.455. The van der Waals surface area contributed by atoms with Crippen molar-refractivity contribution in [2.24, 2.45) is 11.5 Å². The largest absolute Gasteiger partial charge is 2.00 e. The van der Waals surface area contributed by atoms with Crippen LogP contribution < -0.4 is 11.5 Å². The predicted octanol–water partition coefficient (Wildman–Crippen LogP) is -1.32. The van der Waals surface area contributed by atoms with E-state index in [4.69, 9.17) is 5.41 Å². The number of guanidine groups is 1. The summed E-state index contributed by atoms with van der Waals surface area (Å²) in [5.74, 6) is -0.333. The van der Waals surface area contributed by atoms with E-state index in [9.17, 15) is 0 Å². The Kier molecular flexibility index (Phi) is 7.18. The SMILES string of the molecule is N=C(N)N.[H-].[H-].[Mg+2]. The molecule has 28 valence electrons. The van der Waals surface area contributed by atoms with Crippen LogP contribution in [0.1, 0.15) is 2.85 Å². The van der Waals surface area contributed by atoms with Crippen LogP contribution >= 0.6 is 0 Å². The van der Waals surface area contributed by atoms with Gasteiger partial charge in [-0.15, -0.1) is 0 Å². The number of nitrogens with one attached hydrogen (secondary N) is 1. The van der Waals surface area contributed by atoms with Crippen molar-refractivity contribution < 1.29 is 2.85 Å². The molecule has 0 rings (SSSR count). The molecule has 0 spiro atoms. The Labute approximate surface area is 49.3 Å². The van der Waals surface area contributed by atoms with Crippen molar-refractivity contribution in [2.45, 2.75) is 0 Å². The molecule has 0 aliphatic heterocycles. The normalized spacial score (nSPS) is 4.80. The number of rotatable bonds is 0. The molecule has 0 bridgehead atoms. The molecule has 4 heteroatoms. The molecule has 0 fully saturated rings. The fourth-order valence-corrected chi connectivity index (χ4v) is 0. The van der Waals surface area contributed by atoms with Gasteiger partial charge in [-0.2, -0.15) is 0 Å². The minimum atomic E-state index is -0.333. The molecular weight excluding hydrogens is 78.3 g/mol. The minimum Gasteiger partial charge on any atom is -1.00 e. The molecule has 0 saturated carbocycles. The maximum absolute atomic E-state index is 6.06. The molecule has 5 N–H and O–H groups in total. The average molecular weight is 85.4 g/mol. The third-order valence-electron chi connectivity index (χ3n) is 0. The standard InChI is InChI=1S/CH5N3.Mg.2H/c2-1(3)4;;;/h(H5,2,3,4);;;/q;+2;2*-1. The average Bonchev–Trinajstić information content (AvgIpc) is 0.811. The van der Waals surface area contributed by atoms with Crippen LogP contribution in [-0.2, 0) is 0 Å². The first kappa shape index (κ1) is 8.90. The summed E-state index contributed by atoms with van der Waals surface area (Å²) in [4.78, 5) is 0. The van der Waals surface area contributed by atoms with Crippen LogP contribution in [0.4, 0.5) is 0 Å². The third-order valence-corrected chi connectivity index (χ3v) is 0. The van der Waals surface area contributed by atoms with Crippen LogP contribution in [0, 0.1) is 5.41 Å². The second kappa shape index (κ2) is 4.04. The number of hydrogen-bond donors (Lipinski definition) is 3. The Morgan fingerprint density at radius 2 is 1.60 bits per heavy atom. The number of hydrogen-bond acceptors (Lipinski definition) is 1. The van der Waals surface area contributed by atoms with Crippen molar-refractivity contribution in [3.63, 3.8) is 0 Å². The van der Waals surface area contributed by atoms with Crippen LogP contribution in [-0.4, -0.2) is 29.0 Å². The van der Waals surface area contributed by atoms with Crippen molar-refractivity contribution in [1.29, 1.82) is 5.41 Å². The van der Waals surface area contributed by atoms with Gasteiger partial charge in [-0.1, -0.05) is 0 Å². The molecule has 0 aliphatic carbocycles. The summed E-state index contributed by atoms with van der Waals surface area (Å²) in [7, 11) is 0. The van der Waals surface area contributed by atoms with Crippen LogP contribution in [0.5, 0.6) is 0 Å². The monoisotopic (exact) mass is 85.0 g/mol. The zero-order valence-electron chi connectivity index (χ0n) is 4.86. The topological polar surface area (TPSA) is 75.9 Å². The molecule has 0 heterocycles. The van der Waals surface area contributed by atoms with Gasteiger partial charge in [-0.3, -0.25) is 5.41 Å². The van der Waals surface area contributed by atoms with E-state index in [-0.39, 0.29) is 31.9 Å². The first-order chi connectivity index (χ1) is 1.73. The Morgan fingerprint density at radius 1 is 1.60 bits per heavy atom. The van der Waals surface area contributed by atoms with Gasteiger partial charge < -0.3 is 14.3 Å². The Hall–Kier alpha value is 0.0362. The molecular formula is CH7MgN3. The molecule has 0 atom stereocenters. The Bertz CT molecular complexity index is 35.9. The molecule has 0 aliphatic rings. The van der Waals surface area contributed by atoms with Gasteiger partial charge in [-0.05, 0) is 0 Å². The molecule has 5 heavy (non-hydrogen) atoms. The van der Waals surface area contributed by atoms with Crippen molar-refractivity contribution in [3.8, 4) is 0 Å². The van der Waals surface area contributed by atoms with E-state index in [1.807, 2.05) is 0 Å². The van der Waals surface area contributed by atoms with Crippen molar-refractivity contribution >= 4 is 29.0 Å². The second-order valence-corrected chi connectivity index (χ2v) is 0.455. The third kappa shape index (κ3) is 12700. The predicted molar refractivity (Wildman–Crippen MR) is 24.1 cm³/mol. The van der Waals surface area contributed by atoms with E-state index in [1.54, 1.807) is 0 Å². The summed E-state index contributed by atoms with van der Waals surface area (Å²) in [6.07, 6.45) is 0. The van der Waals surface area contributed by atoms with Gasteiger partial charge in [-0.25, -0.2) is 0 Å². The van der Waals surface area contributed by atoms with Crippen LogP contribution in [0.3, 0.4) is 0 Å². The van der Waals surface area contributed by atoms with Gasteiger partial charge in [0.05, 0.1) is 0 Å². The number of nitrogens with two attached hydrogens (primary N) is 2. The summed E-state index contributed by atoms with van der Waals surface area (Å²) >= 11 is 0. The van der Waals surface area contributed by atoms with E-state index in [2.05, 4.69) is 11.5 Å². The first-order valence-corrected chi connectivity index (χ1v) is 0.827. The molecule has 0 amide bonds. The maximum atomic E-state index is 6.06. The zero-order valence-corrected chi connectivity index (χ0v) is 4.28. The Morgan fingerprint density at radius 3 is 1.60 bits per heavy atom. The Balaban J connectivity index is -0.0000000150. The molecule has 0 saturated heterocycles. The fraction of sp³-hybridized carbons (Fsp3) is 0. The van der Waals surface area contributed by atoms with Crippen LogP contribution in [0.25, 0.3) is 0 Å². The zero-order chi connectivity index (χ0) is 3.58. The summed E-state index contributed by atoms with van der Waals surface area (Å²) < 4.78 is 0. The quantitative estimate of drug-likeness (QED) is 0.194. The first-order valence-electron chi connectivity index (χ1n) is 0.827. The smallest absolute Gasteiger partial charge is 1.00 e. The van der Waals surface area contributed by atoms with Gasteiger partial charge in [0.25, 0.3) is 0 Å². The van der Waals surface area contributed by atoms with Gasteiger partial charge in [0.15, 0.2) is 5.96 Å². The van der Waals surface area contributed by atoms with E-state index >= 15 is 0 Å². The minimum absolute atomic E-state index is 0. The van der Waals surface area contributed by atoms with E-state index in [0.29, 0.717) is 0 Å². The summed E-state index contributed by atoms with van der Waals surface area (Å²) in [5.41, 5.74) is 8.94. The van der Waals surface area contributed by atoms with E-state index in [1.165, 1.54) is 0 Å².